The van der Waals surface area contributed by atoms with Gasteiger partial charge in [0.1, 0.15) is 5.82 Å². The van der Waals surface area contributed by atoms with Gasteiger partial charge in [0.2, 0.25) is 0 Å². The highest BCUT2D eigenvalue weighted by Gasteiger charge is 2.01. The number of nitrogens with zero attached hydrogens (tertiary/aromatic N) is 2. The maximum Gasteiger partial charge on any atom is 0.125 e. The molecule has 0 heterocycles. The minimum Gasteiger partial charge on any atom is -0.242 e. The van der Waals surface area contributed by atoms with Crippen molar-refractivity contribution in [1.29, 1.82) is 0 Å². The lowest BCUT2D eigenvalue weighted by Gasteiger charge is -2.14. The predicted octanol–water partition coefficient (Wildman–Crippen LogP) is 3.56. The second-order valence-electron chi connectivity index (χ2n) is 3.29. The van der Waals surface area contributed by atoms with E-state index >= 15 is 0 Å². The van der Waals surface area contributed by atoms with Gasteiger partial charge in [0.05, 0.1) is 5.69 Å². The Bertz CT molecular complexity index is 372. The third-order valence-electron chi connectivity index (χ3n) is 2.13. The Labute approximate surface area is 89.7 Å². The Morgan fingerprint density at radius 1 is 1.60 bits per heavy atom. The monoisotopic (exact) mass is 206 g/mol. The number of allylic oxidation sites excluding steroid dienone is 1. The quantitative estimate of drug-likeness (QED) is 0.543. The number of anilines is 1. The van der Waals surface area contributed by atoms with Crippen molar-refractivity contribution in [3.63, 3.8) is 0 Å². The highest BCUT2D eigenvalue weighted by Crippen LogP contribution is 2.17. The molecule has 0 aliphatic heterocycles. The third kappa shape index (κ3) is 3.20. The van der Waals surface area contributed by atoms with Gasteiger partial charge in [-0.05, 0) is 31.5 Å². The molecule has 0 N–H and O–H groups in total. The lowest BCUT2D eigenvalue weighted by molar-refractivity contribution is 0.627. The normalized spacial score (nSPS) is 11.3. The Morgan fingerprint density at radius 3 is 2.87 bits per heavy atom. The van der Waals surface area contributed by atoms with Gasteiger partial charge < -0.3 is 0 Å². The van der Waals surface area contributed by atoms with Crippen LogP contribution in [0.1, 0.15) is 20.3 Å². The summed E-state index contributed by atoms with van der Waals surface area (Å²) < 4.78 is 13.0. The van der Waals surface area contributed by atoms with Crippen LogP contribution < -0.4 is 5.01 Å². The van der Waals surface area contributed by atoms with Crippen LogP contribution >= 0.6 is 0 Å². The summed E-state index contributed by atoms with van der Waals surface area (Å²) in [5, 5.41) is 5.40. The Balaban J connectivity index is 2.97. The largest absolute Gasteiger partial charge is 0.242 e. The molecule has 1 rings (SSSR count). The molecule has 0 spiro atoms. The number of hydrogen-bond acceptors (Lipinski definition) is 2. The van der Waals surface area contributed by atoms with E-state index in [2.05, 4.69) is 18.7 Å². The molecule has 2 nitrogen and oxygen atoms in total. The van der Waals surface area contributed by atoms with E-state index in [4.69, 9.17) is 0 Å². The van der Waals surface area contributed by atoms with Crippen molar-refractivity contribution in [1.82, 2.24) is 0 Å². The first kappa shape index (κ1) is 11.4. The van der Waals surface area contributed by atoms with Crippen LogP contribution in [0.4, 0.5) is 10.1 Å². The SMILES string of the molecule is C=NN(C=C(C)CC)c1cccc(F)c1. The lowest BCUT2D eigenvalue weighted by atomic mass is 10.2. The molecule has 0 unspecified atom stereocenters. The van der Waals surface area contributed by atoms with E-state index in [-0.39, 0.29) is 5.82 Å². The molecule has 1 aromatic rings. The van der Waals surface area contributed by atoms with E-state index in [9.17, 15) is 4.39 Å². The minimum atomic E-state index is -0.274. The van der Waals surface area contributed by atoms with Crippen LogP contribution in [0.2, 0.25) is 0 Å². The van der Waals surface area contributed by atoms with Crippen LogP contribution in [-0.4, -0.2) is 6.72 Å². The summed E-state index contributed by atoms with van der Waals surface area (Å²) in [6.45, 7) is 7.52. The fraction of sp³-hybridized carbons (Fsp3) is 0.250. The van der Waals surface area contributed by atoms with Gasteiger partial charge in [-0.1, -0.05) is 18.6 Å². The van der Waals surface area contributed by atoms with E-state index in [1.165, 1.54) is 12.1 Å². The van der Waals surface area contributed by atoms with E-state index in [1.54, 1.807) is 17.1 Å². The number of benzene rings is 1. The second kappa shape index (κ2) is 5.29. The fourth-order valence-corrected chi connectivity index (χ4v) is 1.12. The van der Waals surface area contributed by atoms with E-state index in [1.807, 2.05) is 13.1 Å². The Kier molecular flexibility index (Phi) is 4.03. The van der Waals surface area contributed by atoms with E-state index < -0.39 is 0 Å². The molecular formula is C12H15FN2. The molecule has 0 saturated carbocycles. The Hall–Kier alpha value is -1.64. The first-order chi connectivity index (χ1) is 7.17. The number of rotatable bonds is 4. The van der Waals surface area contributed by atoms with Crippen molar-refractivity contribution in [3.8, 4) is 0 Å². The summed E-state index contributed by atoms with van der Waals surface area (Å²) in [5.41, 5.74) is 1.84. The third-order valence-corrected chi connectivity index (χ3v) is 2.13. The highest BCUT2D eigenvalue weighted by atomic mass is 19.1. The van der Waals surface area contributed by atoms with E-state index in [0.29, 0.717) is 5.69 Å². The zero-order chi connectivity index (χ0) is 11.3. The Morgan fingerprint density at radius 2 is 2.33 bits per heavy atom. The molecule has 0 aromatic heterocycles. The van der Waals surface area contributed by atoms with Gasteiger partial charge in [-0.2, -0.15) is 5.10 Å². The zero-order valence-electron chi connectivity index (χ0n) is 9.07. The lowest BCUT2D eigenvalue weighted by Crippen LogP contribution is -2.07. The predicted molar refractivity (Wildman–Crippen MR) is 62.5 cm³/mol. The molecule has 3 heteroatoms. The van der Waals surface area contributed by atoms with Crippen molar-refractivity contribution in [2.75, 3.05) is 5.01 Å². The second-order valence-corrected chi connectivity index (χ2v) is 3.29. The number of hydrogen-bond donors (Lipinski definition) is 0. The summed E-state index contributed by atoms with van der Waals surface area (Å²) >= 11 is 0. The van der Waals surface area contributed by atoms with Crippen LogP contribution in [0.25, 0.3) is 0 Å². The standard InChI is InChI=1S/C12H15FN2/c1-4-10(2)9-15(14-3)12-7-5-6-11(13)8-12/h5-9H,3-4H2,1-2H3. The van der Waals surface area contributed by atoms with Gasteiger partial charge >= 0.3 is 0 Å². The smallest absolute Gasteiger partial charge is 0.125 e. The van der Waals surface area contributed by atoms with Gasteiger partial charge in [0.15, 0.2) is 0 Å². The van der Waals surface area contributed by atoms with Crippen molar-refractivity contribution >= 4 is 12.4 Å². The summed E-state index contributed by atoms with van der Waals surface area (Å²) in [6.07, 6.45) is 2.78. The van der Waals surface area contributed by atoms with Gasteiger partial charge in [0.25, 0.3) is 0 Å². The van der Waals surface area contributed by atoms with Crippen molar-refractivity contribution in [3.05, 3.63) is 41.9 Å². The van der Waals surface area contributed by atoms with Gasteiger partial charge in [0, 0.05) is 12.9 Å². The number of halogens is 1. The average Bonchev–Trinajstić information content (AvgIpc) is 2.25. The molecular weight excluding hydrogens is 191 g/mol. The minimum absolute atomic E-state index is 0.274. The van der Waals surface area contributed by atoms with Crippen LogP contribution in [0.15, 0.2) is 41.1 Å². The highest BCUT2D eigenvalue weighted by molar-refractivity contribution is 5.50. The van der Waals surface area contributed by atoms with Crippen LogP contribution in [0, 0.1) is 5.82 Å². The molecule has 0 amide bonds. The molecule has 80 valence electrons. The fourth-order valence-electron chi connectivity index (χ4n) is 1.12. The maximum atomic E-state index is 13.0. The van der Waals surface area contributed by atoms with Crippen LogP contribution in [0.5, 0.6) is 0 Å². The molecule has 15 heavy (non-hydrogen) atoms. The first-order valence-corrected chi connectivity index (χ1v) is 4.86. The van der Waals surface area contributed by atoms with Crippen molar-refractivity contribution < 1.29 is 4.39 Å². The van der Waals surface area contributed by atoms with Crippen LogP contribution in [-0.2, 0) is 0 Å². The summed E-state index contributed by atoms with van der Waals surface area (Å²) in [4.78, 5) is 0. The maximum absolute atomic E-state index is 13.0. The van der Waals surface area contributed by atoms with Gasteiger partial charge in [-0.3, -0.25) is 0 Å². The van der Waals surface area contributed by atoms with Gasteiger partial charge in [-0.15, -0.1) is 0 Å². The number of hydrazone groups is 1. The van der Waals surface area contributed by atoms with Crippen molar-refractivity contribution in [2.45, 2.75) is 20.3 Å². The van der Waals surface area contributed by atoms with Crippen LogP contribution in [0.3, 0.4) is 0 Å². The zero-order valence-corrected chi connectivity index (χ0v) is 9.07. The molecule has 0 saturated heterocycles. The topological polar surface area (TPSA) is 15.6 Å². The molecule has 0 fully saturated rings. The molecule has 0 aliphatic carbocycles. The van der Waals surface area contributed by atoms with E-state index in [0.717, 1.165) is 12.0 Å². The molecule has 0 bridgehead atoms. The molecule has 0 atom stereocenters. The summed E-state index contributed by atoms with van der Waals surface area (Å²) in [7, 11) is 0. The molecule has 0 aliphatic rings. The van der Waals surface area contributed by atoms with Crippen molar-refractivity contribution in [2.24, 2.45) is 5.10 Å². The summed E-state index contributed by atoms with van der Waals surface area (Å²) in [6, 6.07) is 6.27. The summed E-state index contributed by atoms with van der Waals surface area (Å²) in [5.74, 6) is -0.274. The average molecular weight is 206 g/mol. The molecule has 0 radical (unpaired) electrons. The molecule has 1 aromatic carbocycles. The first-order valence-electron chi connectivity index (χ1n) is 4.86. The van der Waals surface area contributed by atoms with Gasteiger partial charge in [-0.25, -0.2) is 9.40 Å².